The summed E-state index contributed by atoms with van der Waals surface area (Å²) in [5.74, 6) is 1.19. The molecule has 0 spiro atoms. The second-order valence-corrected chi connectivity index (χ2v) is 4.26. The molecule has 1 saturated heterocycles. The highest BCUT2D eigenvalue weighted by Crippen LogP contribution is 2.20. The van der Waals surface area contributed by atoms with E-state index in [0.29, 0.717) is 17.6 Å². The first kappa shape index (κ1) is 11.8. The van der Waals surface area contributed by atoms with Gasteiger partial charge in [-0.1, -0.05) is 0 Å². The molecule has 0 saturated carbocycles. The van der Waals surface area contributed by atoms with Crippen LogP contribution >= 0.6 is 0 Å². The number of rotatable bonds is 3. The van der Waals surface area contributed by atoms with Crippen LogP contribution in [-0.2, 0) is 4.74 Å². The molecule has 17 heavy (non-hydrogen) atoms. The minimum absolute atomic E-state index is 0.420. The molecular weight excluding hydrogens is 216 g/mol. The maximum Gasteiger partial charge on any atom is 0.226 e. The summed E-state index contributed by atoms with van der Waals surface area (Å²) in [6, 6.07) is 3.67. The minimum Gasteiger partial charge on any atom is -0.384 e. The Kier molecular flexibility index (Phi) is 3.89. The standard InChI is InChI=1S/C12H16N4O/c1-17-9-10-3-2-6-16(8-10)12-14-5-4-11(7-13)15-12/h4-5,10H,2-3,6,8-9H2,1H3. The normalized spacial score (nSPS) is 20.0. The Labute approximate surface area is 101 Å². The Morgan fingerprint density at radius 3 is 3.29 bits per heavy atom. The summed E-state index contributed by atoms with van der Waals surface area (Å²) in [6.45, 7) is 2.63. The molecule has 0 N–H and O–H groups in total. The van der Waals surface area contributed by atoms with Gasteiger partial charge in [-0.15, -0.1) is 0 Å². The Morgan fingerprint density at radius 1 is 1.65 bits per heavy atom. The molecule has 5 heteroatoms. The number of methoxy groups -OCH3 is 1. The number of aromatic nitrogens is 2. The molecule has 2 rings (SSSR count). The quantitative estimate of drug-likeness (QED) is 0.784. The van der Waals surface area contributed by atoms with Crippen LogP contribution < -0.4 is 4.90 Å². The first-order valence-electron chi connectivity index (χ1n) is 5.80. The van der Waals surface area contributed by atoms with Gasteiger partial charge in [0.25, 0.3) is 0 Å². The fourth-order valence-electron chi connectivity index (χ4n) is 2.18. The lowest BCUT2D eigenvalue weighted by molar-refractivity contribution is 0.143. The molecule has 0 bridgehead atoms. The molecule has 1 unspecified atom stereocenters. The summed E-state index contributed by atoms with van der Waals surface area (Å²) in [6.07, 6.45) is 3.94. The number of nitriles is 1. The lowest BCUT2D eigenvalue weighted by Crippen LogP contribution is -2.38. The van der Waals surface area contributed by atoms with Gasteiger partial charge >= 0.3 is 0 Å². The van der Waals surface area contributed by atoms with E-state index in [0.717, 1.165) is 26.1 Å². The molecule has 5 nitrogen and oxygen atoms in total. The zero-order valence-corrected chi connectivity index (χ0v) is 9.96. The van der Waals surface area contributed by atoms with Crippen LogP contribution in [0.15, 0.2) is 12.3 Å². The Bertz CT molecular complexity index is 413. The van der Waals surface area contributed by atoms with Gasteiger partial charge in [0.1, 0.15) is 11.8 Å². The van der Waals surface area contributed by atoms with Crippen LogP contribution in [0.3, 0.4) is 0 Å². The van der Waals surface area contributed by atoms with E-state index in [1.165, 1.54) is 6.42 Å². The Morgan fingerprint density at radius 2 is 2.53 bits per heavy atom. The van der Waals surface area contributed by atoms with Crippen LogP contribution in [0.2, 0.25) is 0 Å². The molecule has 1 aliphatic heterocycles. The van der Waals surface area contributed by atoms with Gasteiger partial charge in [0.15, 0.2) is 0 Å². The first-order valence-corrected chi connectivity index (χ1v) is 5.80. The van der Waals surface area contributed by atoms with Gasteiger partial charge in [-0.2, -0.15) is 5.26 Å². The van der Waals surface area contributed by atoms with Crippen molar-refractivity contribution in [2.45, 2.75) is 12.8 Å². The lowest BCUT2D eigenvalue weighted by Gasteiger charge is -2.32. The number of hydrogen-bond acceptors (Lipinski definition) is 5. The summed E-state index contributed by atoms with van der Waals surface area (Å²) >= 11 is 0. The molecule has 2 heterocycles. The third-order valence-electron chi connectivity index (χ3n) is 2.96. The Hall–Kier alpha value is -1.67. The number of anilines is 1. The fraction of sp³-hybridized carbons (Fsp3) is 0.583. The summed E-state index contributed by atoms with van der Waals surface area (Å²) < 4.78 is 5.19. The molecule has 0 radical (unpaired) electrons. The van der Waals surface area contributed by atoms with Gasteiger partial charge in [-0.25, -0.2) is 9.97 Å². The maximum absolute atomic E-state index is 8.82. The number of piperidine rings is 1. The van der Waals surface area contributed by atoms with Crippen molar-refractivity contribution in [3.8, 4) is 6.07 Å². The van der Waals surface area contributed by atoms with Crippen LogP contribution in [0.25, 0.3) is 0 Å². The van der Waals surface area contributed by atoms with Gasteiger partial charge < -0.3 is 9.64 Å². The summed E-state index contributed by atoms with van der Waals surface area (Å²) in [4.78, 5) is 10.6. The third kappa shape index (κ3) is 2.92. The molecule has 1 atom stereocenters. The van der Waals surface area contributed by atoms with Gasteiger partial charge in [-0.05, 0) is 24.8 Å². The van der Waals surface area contributed by atoms with Crippen molar-refractivity contribution < 1.29 is 4.74 Å². The zero-order valence-electron chi connectivity index (χ0n) is 9.96. The largest absolute Gasteiger partial charge is 0.384 e. The first-order chi connectivity index (χ1) is 8.33. The molecule has 1 aromatic rings. The average Bonchev–Trinajstić information content (AvgIpc) is 2.40. The van der Waals surface area contributed by atoms with E-state index in [9.17, 15) is 0 Å². The number of ether oxygens (including phenoxy) is 1. The summed E-state index contributed by atoms with van der Waals surface area (Å²) in [5.41, 5.74) is 0.420. The molecule has 1 aromatic heterocycles. The second-order valence-electron chi connectivity index (χ2n) is 4.26. The SMILES string of the molecule is COCC1CCCN(c2nccc(C#N)n2)C1. The Balaban J connectivity index is 2.08. The predicted octanol–water partition coefficient (Wildman–Crippen LogP) is 1.21. The van der Waals surface area contributed by atoms with Crippen LogP contribution in [0, 0.1) is 17.2 Å². The van der Waals surface area contributed by atoms with E-state index in [-0.39, 0.29) is 0 Å². The van der Waals surface area contributed by atoms with E-state index in [1.54, 1.807) is 19.4 Å². The third-order valence-corrected chi connectivity index (χ3v) is 2.96. The molecule has 0 amide bonds. The van der Waals surface area contributed by atoms with E-state index in [4.69, 9.17) is 10.00 Å². The zero-order chi connectivity index (χ0) is 12.1. The van der Waals surface area contributed by atoms with Gasteiger partial charge in [0.2, 0.25) is 5.95 Å². The number of nitrogens with zero attached hydrogens (tertiary/aromatic N) is 4. The van der Waals surface area contributed by atoms with Crippen molar-refractivity contribution >= 4 is 5.95 Å². The summed E-state index contributed by atoms with van der Waals surface area (Å²) in [7, 11) is 1.73. The predicted molar refractivity (Wildman–Crippen MR) is 63.6 cm³/mol. The van der Waals surface area contributed by atoms with Crippen LogP contribution in [-0.4, -0.2) is 36.8 Å². The van der Waals surface area contributed by atoms with E-state index >= 15 is 0 Å². The topological polar surface area (TPSA) is 62.0 Å². The molecule has 0 aromatic carbocycles. The van der Waals surface area contributed by atoms with Crippen molar-refractivity contribution in [1.29, 1.82) is 5.26 Å². The lowest BCUT2D eigenvalue weighted by atomic mass is 9.99. The second kappa shape index (κ2) is 5.60. The van der Waals surface area contributed by atoms with Crippen LogP contribution in [0.1, 0.15) is 18.5 Å². The minimum atomic E-state index is 0.420. The molecule has 1 fully saturated rings. The fourth-order valence-corrected chi connectivity index (χ4v) is 2.18. The van der Waals surface area contributed by atoms with Crippen molar-refractivity contribution in [1.82, 2.24) is 9.97 Å². The van der Waals surface area contributed by atoms with Crippen molar-refractivity contribution in [2.75, 3.05) is 31.7 Å². The van der Waals surface area contributed by atoms with Crippen molar-refractivity contribution in [2.24, 2.45) is 5.92 Å². The molecule has 1 aliphatic rings. The van der Waals surface area contributed by atoms with E-state index in [2.05, 4.69) is 14.9 Å². The van der Waals surface area contributed by atoms with Crippen LogP contribution in [0.5, 0.6) is 0 Å². The summed E-state index contributed by atoms with van der Waals surface area (Å²) in [5, 5.41) is 8.82. The highest BCUT2D eigenvalue weighted by atomic mass is 16.5. The van der Waals surface area contributed by atoms with E-state index < -0.39 is 0 Å². The average molecular weight is 232 g/mol. The molecule has 90 valence electrons. The highest BCUT2D eigenvalue weighted by molar-refractivity contribution is 5.34. The van der Waals surface area contributed by atoms with Crippen molar-refractivity contribution in [3.05, 3.63) is 18.0 Å². The maximum atomic E-state index is 8.82. The van der Waals surface area contributed by atoms with Gasteiger partial charge in [0.05, 0.1) is 6.61 Å². The van der Waals surface area contributed by atoms with E-state index in [1.807, 2.05) is 6.07 Å². The number of hydrogen-bond donors (Lipinski definition) is 0. The smallest absolute Gasteiger partial charge is 0.226 e. The van der Waals surface area contributed by atoms with Crippen molar-refractivity contribution in [3.63, 3.8) is 0 Å². The monoisotopic (exact) mass is 232 g/mol. The molecule has 0 aliphatic carbocycles. The van der Waals surface area contributed by atoms with Crippen LogP contribution in [0.4, 0.5) is 5.95 Å². The highest BCUT2D eigenvalue weighted by Gasteiger charge is 2.21. The molecular formula is C12H16N4O. The van der Waals surface area contributed by atoms with Gasteiger partial charge in [-0.3, -0.25) is 0 Å². The van der Waals surface area contributed by atoms with Gasteiger partial charge in [0, 0.05) is 26.4 Å².